The molecular formula is C27H33FN4O2. The molecule has 1 aliphatic heterocycles. The van der Waals surface area contributed by atoms with E-state index in [2.05, 4.69) is 16.0 Å². The van der Waals surface area contributed by atoms with Gasteiger partial charge in [0.1, 0.15) is 11.9 Å². The molecule has 2 aromatic carbocycles. The Kier molecular flexibility index (Phi) is 8.17. The van der Waals surface area contributed by atoms with Crippen molar-refractivity contribution in [3.8, 4) is 0 Å². The molecule has 1 saturated heterocycles. The number of para-hydroxylation sites is 1. The van der Waals surface area contributed by atoms with Crippen LogP contribution in [0, 0.1) is 5.82 Å². The highest BCUT2D eigenvalue weighted by atomic mass is 19.1. The van der Waals surface area contributed by atoms with E-state index in [9.17, 15) is 14.0 Å². The largest absolute Gasteiger partial charge is 0.388 e. The summed E-state index contributed by atoms with van der Waals surface area (Å²) in [6, 6.07) is 14.9. The van der Waals surface area contributed by atoms with Crippen LogP contribution in [0.4, 0.5) is 14.9 Å². The number of likely N-dealkylation sites (tertiary alicyclic amines) is 1. The van der Waals surface area contributed by atoms with Crippen molar-refractivity contribution in [2.24, 2.45) is 0 Å². The summed E-state index contributed by atoms with van der Waals surface area (Å²) in [5, 5.41) is 9.17. The van der Waals surface area contributed by atoms with Crippen molar-refractivity contribution in [1.29, 1.82) is 0 Å². The number of piperidine rings is 1. The number of nitrogens with zero attached hydrogens (tertiary/aromatic N) is 1. The maximum Gasteiger partial charge on any atom is 0.319 e. The fraction of sp³-hybridized carbons (Fsp3) is 0.407. The molecule has 180 valence electrons. The highest BCUT2D eigenvalue weighted by molar-refractivity contribution is 5.93. The topological polar surface area (TPSA) is 73.5 Å². The van der Waals surface area contributed by atoms with Crippen LogP contribution in [0.15, 0.2) is 60.3 Å². The number of unbranched alkanes of at least 4 members (excludes halogenated alkanes) is 1. The van der Waals surface area contributed by atoms with Crippen LogP contribution in [0.25, 0.3) is 5.57 Å². The third kappa shape index (κ3) is 6.83. The predicted molar refractivity (Wildman–Crippen MR) is 133 cm³/mol. The van der Waals surface area contributed by atoms with Crippen molar-refractivity contribution in [3.05, 3.63) is 71.7 Å². The molecule has 7 heteroatoms. The van der Waals surface area contributed by atoms with E-state index in [4.69, 9.17) is 0 Å². The van der Waals surface area contributed by atoms with Crippen LogP contribution >= 0.6 is 0 Å². The molecule has 0 bridgehead atoms. The number of amides is 3. The second-order valence-electron chi connectivity index (χ2n) is 8.97. The molecule has 1 fully saturated rings. The van der Waals surface area contributed by atoms with Gasteiger partial charge in [-0.1, -0.05) is 30.3 Å². The Morgan fingerprint density at radius 1 is 0.941 bits per heavy atom. The third-order valence-corrected chi connectivity index (χ3v) is 6.35. The summed E-state index contributed by atoms with van der Waals surface area (Å²) in [6.07, 6.45) is 6.41. The third-order valence-electron chi connectivity index (χ3n) is 6.35. The second kappa shape index (κ2) is 11.7. The van der Waals surface area contributed by atoms with Gasteiger partial charge in [-0.25, -0.2) is 9.18 Å². The molecule has 2 aromatic rings. The molecule has 0 saturated carbocycles. The maximum atomic E-state index is 13.1. The molecule has 34 heavy (non-hydrogen) atoms. The monoisotopic (exact) mass is 464 g/mol. The lowest BCUT2D eigenvalue weighted by atomic mass is 10.1. The van der Waals surface area contributed by atoms with Crippen LogP contribution in [0.3, 0.4) is 0 Å². The van der Waals surface area contributed by atoms with Crippen LogP contribution in [0.2, 0.25) is 0 Å². The normalized spacial score (nSPS) is 16.1. The molecule has 2 aliphatic rings. The highest BCUT2D eigenvalue weighted by Crippen LogP contribution is 2.37. The van der Waals surface area contributed by atoms with Gasteiger partial charge in [0.2, 0.25) is 5.91 Å². The van der Waals surface area contributed by atoms with Crippen LogP contribution in [-0.4, -0.2) is 42.5 Å². The Balaban J connectivity index is 1.25. The van der Waals surface area contributed by atoms with Crippen molar-refractivity contribution in [3.63, 3.8) is 0 Å². The van der Waals surface area contributed by atoms with Crippen LogP contribution in [-0.2, 0) is 4.79 Å². The Morgan fingerprint density at radius 2 is 1.68 bits per heavy atom. The average Bonchev–Trinajstić information content (AvgIpc) is 3.64. The predicted octanol–water partition coefficient (Wildman–Crippen LogP) is 4.90. The molecule has 3 amide bonds. The maximum absolute atomic E-state index is 13.1. The van der Waals surface area contributed by atoms with Gasteiger partial charge < -0.3 is 20.9 Å². The number of benzene rings is 2. The lowest BCUT2D eigenvalue weighted by Gasteiger charge is -2.31. The molecule has 4 rings (SSSR count). The number of carbonyl (C=O) groups excluding carboxylic acids is 2. The van der Waals surface area contributed by atoms with E-state index in [0.29, 0.717) is 12.1 Å². The molecule has 0 unspecified atom stereocenters. The van der Waals surface area contributed by atoms with Gasteiger partial charge in [0.15, 0.2) is 0 Å². The molecule has 3 N–H and O–H groups in total. The van der Waals surface area contributed by atoms with E-state index in [1.165, 1.54) is 23.4 Å². The number of hydrogen-bond donors (Lipinski definition) is 3. The zero-order valence-corrected chi connectivity index (χ0v) is 19.5. The fourth-order valence-electron chi connectivity index (χ4n) is 4.38. The van der Waals surface area contributed by atoms with Gasteiger partial charge in [0.05, 0.1) is 0 Å². The average molecular weight is 465 g/mol. The van der Waals surface area contributed by atoms with Crippen molar-refractivity contribution in [1.82, 2.24) is 15.5 Å². The molecular weight excluding hydrogens is 431 g/mol. The summed E-state index contributed by atoms with van der Waals surface area (Å²) in [7, 11) is 0. The van der Waals surface area contributed by atoms with Gasteiger partial charge >= 0.3 is 6.03 Å². The Morgan fingerprint density at radius 3 is 2.41 bits per heavy atom. The van der Waals surface area contributed by atoms with E-state index in [1.807, 2.05) is 47.4 Å². The van der Waals surface area contributed by atoms with Crippen molar-refractivity contribution < 1.29 is 14.0 Å². The minimum atomic E-state index is -0.531. The standard InChI is InChI=1S/C27H33FN4O2/c28-21-14-12-20(13-15-21)23-19-25(23)29-16-6-5-11-24(26(33)32-17-7-2-8-18-32)31-27(34)30-22-9-3-1-4-10-22/h1,3-4,9-10,12-15,24,29H,2,5-8,11,16-19H2,(H2,30,31,34)/t24-/m0/s1. The minimum Gasteiger partial charge on any atom is -0.388 e. The van der Waals surface area contributed by atoms with Crippen LogP contribution < -0.4 is 16.0 Å². The smallest absolute Gasteiger partial charge is 0.319 e. The number of rotatable bonds is 10. The number of anilines is 1. The van der Waals surface area contributed by atoms with E-state index < -0.39 is 6.04 Å². The summed E-state index contributed by atoms with van der Waals surface area (Å²) in [6.45, 7) is 2.33. The summed E-state index contributed by atoms with van der Waals surface area (Å²) in [4.78, 5) is 27.6. The number of allylic oxidation sites excluding steroid dienone is 2. The first-order valence-corrected chi connectivity index (χ1v) is 12.2. The lowest BCUT2D eigenvalue weighted by Crippen LogP contribution is -2.51. The second-order valence-corrected chi connectivity index (χ2v) is 8.97. The van der Waals surface area contributed by atoms with E-state index in [1.54, 1.807) is 0 Å². The van der Waals surface area contributed by atoms with Crippen LogP contribution in [0.1, 0.15) is 50.5 Å². The van der Waals surface area contributed by atoms with Gasteiger partial charge in [0, 0.05) is 37.4 Å². The Labute approximate surface area is 200 Å². The minimum absolute atomic E-state index is 0.0133. The Hall–Kier alpha value is -3.35. The molecule has 6 nitrogen and oxygen atoms in total. The molecule has 1 aliphatic carbocycles. The molecule has 0 spiro atoms. The summed E-state index contributed by atoms with van der Waals surface area (Å²) < 4.78 is 13.1. The molecule has 1 heterocycles. The van der Waals surface area contributed by atoms with Crippen molar-refractivity contribution >= 4 is 23.2 Å². The fourth-order valence-corrected chi connectivity index (χ4v) is 4.38. The lowest BCUT2D eigenvalue weighted by molar-refractivity contribution is -0.134. The number of hydrogen-bond acceptors (Lipinski definition) is 3. The van der Waals surface area contributed by atoms with E-state index >= 15 is 0 Å². The number of nitrogens with one attached hydrogen (secondary N) is 3. The van der Waals surface area contributed by atoms with Gasteiger partial charge in [-0.15, -0.1) is 0 Å². The zero-order valence-electron chi connectivity index (χ0n) is 19.5. The first-order valence-electron chi connectivity index (χ1n) is 12.2. The van der Waals surface area contributed by atoms with E-state index in [-0.39, 0.29) is 17.8 Å². The van der Waals surface area contributed by atoms with Crippen LogP contribution in [0.5, 0.6) is 0 Å². The summed E-state index contributed by atoms with van der Waals surface area (Å²) in [5.74, 6) is -0.210. The first kappa shape index (κ1) is 23.8. The van der Waals surface area contributed by atoms with Gasteiger partial charge in [0.25, 0.3) is 0 Å². The molecule has 1 atom stereocenters. The highest BCUT2D eigenvalue weighted by Gasteiger charge is 2.27. The Bertz CT molecular complexity index is 1000. The number of carbonyl (C=O) groups is 2. The summed E-state index contributed by atoms with van der Waals surface area (Å²) >= 11 is 0. The van der Waals surface area contributed by atoms with Crippen molar-refractivity contribution in [2.75, 3.05) is 25.0 Å². The quantitative estimate of drug-likeness (QED) is 0.438. The molecule has 0 radical (unpaired) electrons. The van der Waals surface area contributed by atoms with Crippen molar-refractivity contribution in [2.45, 2.75) is 51.0 Å². The van der Waals surface area contributed by atoms with Gasteiger partial charge in [-0.3, -0.25) is 4.79 Å². The molecule has 0 aromatic heterocycles. The SMILES string of the molecule is O=C(Nc1ccccc1)N[C@@H](CCCCNC1=C(c2ccc(F)cc2)C1)C(=O)N1CCCCC1. The zero-order chi connectivity index (χ0) is 23.8. The number of halogens is 1. The van der Waals surface area contributed by atoms with Gasteiger partial charge in [-0.2, -0.15) is 0 Å². The first-order chi connectivity index (χ1) is 16.6. The van der Waals surface area contributed by atoms with Gasteiger partial charge in [-0.05, 0) is 73.9 Å². The van der Waals surface area contributed by atoms with E-state index in [0.717, 1.165) is 63.7 Å². The number of urea groups is 1. The summed E-state index contributed by atoms with van der Waals surface area (Å²) in [5.41, 5.74) is 4.19.